The number of hydrazone groups is 1. The van der Waals surface area contributed by atoms with Crippen LogP contribution in [0.15, 0.2) is 41.0 Å². The van der Waals surface area contributed by atoms with E-state index < -0.39 is 0 Å². The van der Waals surface area contributed by atoms with Crippen LogP contribution in [0, 0.1) is 13.8 Å². The lowest BCUT2D eigenvalue weighted by atomic mass is 10.0. The summed E-state index contributed by atoms with van der Waals surface area (Å²) in [5.74, 6) is 0.328. The quantitative estimate of drug-likeness (QED) is 0.643. The Morgan fingerprint density at radius 2 is 1.96 bits per heavy atom. The highest BCUT2D eigenvalue weighted by molar-refractivity contribution is 5.86. The molecule has 2 rings (SSSR count). The summed E-state index contributed by atoms with van der Waals surface area (Å²) in [5.41, 5.74) is 7.79. The molecule has 25 heavy (non-hydrogen) atoms. The summed E-state index contributed by atoms with van der Waals surface area (Å²) in [6, 6.07) is 10.4. The van der Waals surface area contributed by atoms with Crippen molar-refractivity contribution in [3.8, 4) is 0 Å². The van der Waals surface area contributed by atoms with Crippen LogP contribution >= 0.6 is 0 Å². The van der Waals surface area contributed by atoms with E-state index in [0.29, 0.717) is 5.92 Å². The number of nitrogens with zero attached hydrogens (tertiary/aromatic N) is 3. The number of hydrogen-bond donors (Lipinski definition) is 1. The second-order valence-corrected chi connectivity index (χ2v) is 6.59. The van der Waals surface area contributed by atoms with Gasteiger partial charge >= 0.3 is 0 Å². The van der Waals surface area contributed by atoms with E-state index in [4.69, 9.17) is 0 Å². The van der Waals surface area contributed by atoms with E-state index in [2.05, 4.69) is 53.7 Å². The Kier molecular flexibility index (Phi) is 6.28. The molecule has 0 saturated carbocycles. The number of amides is 1. The van der Waals surface area contributed by atoms with Gasteiger partial charge in [-0.1, -0.05) is 44.2 Å². The third-order valence-electron chi connectivity index (χ3n) is 3.85. The Bertz CT molecular complexity index is 783. The number of carbonyl (C=O) groups is 1. The molecule has 0 spiro atoms. The Labute approximate surface area is 149 Å². The first-order chi connectivity index (χ1) is 11.8. The van der Waals surface area contributed by atoms with Crippen LogP contribution in [0.1, 0.15) is 49.2 Å². The zero-order valence-electron chi connectivity index (χ0n) is 15.6. The van der Waals surface area contributed by atoms with Gasteiger partial charge in [0.15, 0.2) is 0 Å². The van der Waals surface area contributed by atoms with Crippen LogP contribution < -0.4 is 5.43 Å². The molecule has 1 N–H and O–H groups in total. The lowest BCUT2D eigenvalue weighted by molar-refractivity contribution is -0.121. The van der Waals surface area contributed by atoms with Gasteiger partial charge in [0.1, 0.15) is 6.54 Å². The van der Waals surface area contributed by atoms with E-state index in [-0.39, 0.29) is 12.5 Å². The molecule has 0 fully saturated rings. The minimum absolute atomic E-state index is 0.163. The molecule has 2 aromatic rings. The topological polar surface area (TPSA) is 59.3 Å². The molecule has 132 valence electrons. The highest BCUT2D eigenvalue weighted by Gasteiger charge is 2.05. The first-order valence-electron chi connectivity index (χ1n) is 8.46. The van der Waals surface area contributed by atoms with Gasteiger partial charge in [0, 0.05) is 5.69 Å². The zero-order chi connectivity index (χ0) is 18.4. The van der Waals surface area contributed by atoms with E-state index in [9.17, 15) is 4.79 Å². The number of aromatic nitrogens is 2. The highest BCUT2D eigenvalue weighted by Crippen LogP contribution is 2.15. The number of benzene rings is 1. The van der Waals surface area contributed by atoms with E-state index in [1.54, 1.807) is 10.9 Å². The van der Waals surface area contributed by atoms with Crippen molar-refractivity contribution in [2.45, 2.75) is 47.1 Å². The molecule has 0 unspecified atom stereocenters. The van der Waals surface area contributed by atoms with Gasteiger partial charge < -0.3 is 0 Å². The maximum absolute atomic E-state index is 11.9. The van der Waals surface area contributed by atoms with E-state index in [1.165, 1.54) is 5.56 Å². The number of rotatable bonds is 6. The average Bonchev–Trinajstić information content (AvgIpc) is 2.85. The number of nitrogens with one attached hydrogen (secondary N) is 1. The molecular formula is C20H26N4O. The molecule has 1 amide bonds. The molecule has 1 heterocycles. The summed E-state index contributed by atoms with van der Waals surface area (Å²) in [5, 5.41) is 8.27. The molecule has 0 radical (unpaired) electrons. The maximum atomic E-state index is 11.9. The molecule has 0 bridgehead atoms. The largest absolute Gasteiger partial charge is 0.271 e. The van der Waals surface area contributed by atoms with Crippen LogP contribution in [-0.2, 0) is 11.3 Å². The molecule has 1 aromatic heterocycles. The lowest BCUT2D eigenvalue weighted by Crippen LogP contribution is -2.24. The second kappa shape index (κ2) is 8.42. The minimum Gasteiger partial charge on any atom is -0.271 e. The normalized spacial score (nSPS) is 12.2. The zero-order valence-corrected chi connectivity index (χ0v) is 15.6. The van der Waals surface area contributed by atoms with Crippen molar-refractivity contribution < 1.29 is 4.79 Å². The van der Waals surface area contributed by atoms with Gasteiger partial charge in [-0.05, 0) is 49.5 Å². The van der Waals surface area contributed by atoms with Crippen molar-refractivity contribution >= 4 is 18.2 Å². The molecular weight excluding hydrogens is 312 g/mol. The summed E-state index contributed by atoms with van der Waals surface area (Å²) < 4.78 is 1.67. The van der Waals surface area contributed by atoms with Crippen LogP contribution in [0.5, 0.6) is 0 Å². The van der Waals surface area contributed by atoms with Gasteiger partial charge in [-0.2, -0.15) is 10.2 Å². The molecule has 0 aliphatic rings. The summed E-state index contributed by atoms with van der Waals surface area (Å²) >= 11 is 0. The average molecular weight is 338 g/mol. The lowest BCUT2D eigenvalue weighted by Gasteiger charge is -2.05. The van der Waals surface area contributed by atoms with Crippen molar-refractivity contribution in [2.24, 2.45) is 5.10 Å². The van der Waals surface area contributed by atoms with Crippen LogP contribution in [0.3, 0.4) is 0 Å². The number of aryl methyl sites for hydroxylation is 2. The van der Waals surface area contributed by atoms with E-state index in [0.717, 1.165) is 22.5 Å². The Balaban J connectivity index is 1.89. The summed E-state index contributed by atoms with van der Waals surface area (Å²) in [4.78, 5) is 11.9. The third-order valence-corrected chi connectivity index (χ3v) is 3.85. The van der Waals surface area contributed by atoms with Gasteiger partial charge in [0.2, 0.25) is 0 Å². The Morgan fingerprint density at radius 3 is 2.52 bits per heavy atom. The smallest absolute Gasteiger partial charge is 0.261 e. The van der Waals surface area contributed by atoms with Gasteiger partial charge in [0.05, 0.1) is 11.9 Å². The SMILES string of the molecule is CC(=C/c1ccc(C(C)C)cc1)/C=N/NC(=O)Cn1nc(C)cc1C. The fourth-order valence-electron chi connectivity index (χ4n) is 2.49. The number of hydrogen-bond acceptors (Lipinski definition) is 3. The van der Waals surface area contributed by atoms with E-state index >= 15 is 0 Å². The number of carbonyl (C=O) groups excluding carboxylic acids is 1. The Morgan fingerprint density at radius 1 is 1.28 bits per heavy atom. The van der Waals surface area contributed by atoms with Crippen molar-refractivity contribution in [2.75, 3.05) is 0 Å². The summed E-state index contributed by atoms with van der Waals surface area (Å²) in [6.45, 7) is 10.3. The minimum atomic E-state index is -0.198. The van der Waals surface area contributed by atoms with Crippen LogP contribution in [0.4, 0.5) is 0 Å². The first-order valence-corrected chi connectivity index (χ1v) is 8.46. The van der Waals surface area contributed by atoms with Gasteiger partial charge in [0.25, 0.3) is 5.91 Å². The van der Waals surface area contributed by atoms with Gasteiger partial charge in [-0.3, -0.25) is 9.48 Å². The molecule has 0 aliphatic carbocycles. The van der Waals surface area contributed by atoms with Gasteiger partial charge in [-0.15, -0.1) is 0 Å². The van der Waals surface area contributed by atoms with Crippen LogP contribution in [0.25, 0.3) is 6.08 Å². The Hall–Kier alpha value is -2.69. The number of allylic oxidation sites excluding steroid dienone is 1. The molecule has 0 saturated heterocycles. The van der Waals surface area contributed by atoms with Crippen molar-refractivity contribution in [3.05, 3.63) is 58.4 Å². The molecule has 0 aliphatic heterocycles. The maximum Gasteiger partial charge on any atom is 0.261 e. The fourth-order valence-corrected chi connectivity index (χ4v) is 2.49. The van der Waals surface area contributed by atoms with Gasteiger partial charge in [-0.25, -0.2) is 5.43 Å². The van der Waals surface area contributed by atoms with Crippen LogP contribution in [-0.4, -0.2) is 21.9 Å². The van der Waals surface area contributed by atoms with Crippen molar-refractivity contribution in [3.63, 3.8) is 0 Å². The van der Waals surface area contributed by atoms with Crippen molar-refractivity contribution in [1.82, 2.24) is 15.2 Å². The molecule has 5 nitrogen and oxygen atoms in total. The predicted molar refractivity (Wildman–Crippen MR) is 103 cm³/mol. The third kappa shape index (κ3) is 5.71. The summed E-state index contributed by atoms with van der Waals surface area (Å²) in [6.07, 6.45) is 3.68. The van der Waals surface area contributed by atoms with E-state index in [1.807, 2.05) is 32.9 Å². The molecule has 0 atom stereocenters. The predicted octanol–water partition coefficient (Wildman–Crippen LogP) is 3.83. The molecule has 5 heteroatoms. The monoisotopic (exact) mass is 338 g/mol. The summed E-state index contributed by atoms with van der Waals surface area (Å²) in [7, 11) is 0. The van der Waals surface area contributed by atoms with Crippen LogP contribution in [0.2, 0.25) is 0 Å². The standard InChI is InChI=1S/C20H26N4O/c1-14(2)19-8-6-18(7-9-19)10-15(3)12-21-22-20(25)13-24-17(5)11-16(4)23-24/h6-12,14H,13H2,1-5H3,(H,22,25)/b15-10-,21-12+. The first kappa shape index (κ1) is 18.6. The molecule has 1 aromatic carbocycles. The highest BCUT2D eigenvalue weighted by atomic mass is 16.2. The second-order valence-electron chi connectivity index (χ2n) is 6.59. The fraction of sp³-hybridized carbons (Fsp3) is 0.350. The van der Waals surface area contributed by atoms with Crippen molar-refractivity contribution in [1.29, 1.82) is 0 Å².